The number of piperidine rings is 1. The molecule has 6 heteroatoms. The molecule has 1 aromatic carbocycles. The Labute approximate surface area is 165 Å². The lowest BCUT2D eigenvalue weighted by Crippen LogP contribution is -2.51. The second-order valence-electron chi connectivity index (χ2n) is 8.18. The zero-order chi connectivity index (χ0) is 19.6. The number of H-pyrrole nitrogens is 1. The van der Waals surface area contributed by atoms with Crippen molar-refractivity contribution in [3.63, 3.8) is 0 Å². The number of hydrogen-bond donors (Lipinski definition) is 2. The molecule has 0 unspecified atom stereocenters. The van der Waals surface area contributed by atoms with Gasteiger partial charge in [-0.25, -0.2) is 0 Å². The van der Waals surface area contributed by atoms with Gasteiger partial charge in [-0.3, -0.25) is 9.59 Å². The van der Waals surface area contributed by atoms with Crippen LogP contribution in [-0.2, 0) is 16.0 Å². The van der Waals surface area contributed by atoms with E-state index in [1.807, 2.05) is 23.2 Å². The molecule has 3 heterocycles. The lowest BCUT2D eigenvalue weighted by Gasteiger charge is -2.39. The van der Waals surface area contributed by atoms with Crippen molar-refractivity contribution in [1.82, 2.24) is 14.8 Å². The Morgan fingerprint density at radius 1 is 1.21 bits per heavy atom. The Morgan fingerprint density at radius 2 is 2.07 bits per heavy atom. The number of aromatic nitrogens is 1. The highest BCUT2D eigenvalue weighted by atomic mass is 16.3. The van der Waals surface area contributed by atoms with Crippen LogP contribution in [-0.4, -0.2) is 64.5 Å². The quantitative estimate of drug-likeness (QED) is 0.804. The van der Waals surface area contributed by atoms with Gasteiger partial charge in [0.15, 0.2) is 0 Å². The molecule has 1 spiro atoms. The number of nitrogens with zero attached hydrogens (tertiary/aromatic N) is 2. The van der Waals surface area contributed by atoms with Crippen LogP contribution in [0.2, 0.25) is 0 Å². The second kappa shape index (κ2) is 7.95. The van der Waals surface area contributed by atoms with Crippen LogP contribution in [0.1, 0.15) is 37.7 Å². The molecule has 4 rings (SSSR count). The van der Waals surface area contributed by atoms with Gasteiger partial charge in [-0.1, -0.05) is 18.2 Å². The second-order valence-corrected chi connectivity index (χ2v) is 8.18. The van der Waals surface area contributed by atoms with E-state index in [1.54, 1.807) is 4.90 Å². The molecule has 0 aliphatic carbocycles. The highest BCUT2D eigenvalue weighted by molar-refractivity contribution is 5.86. The van der Waals surface area contributed by atoms with E-state index in [0.717, 1.165) is 44.2 Å². The van der Waals surface area contributed by atoms with Crippen LogP contribution >= 0.6 is 0 Å². The zero-order valence-corrected chi connectivity index (χ0v) is 16.3. The van der Waals surface area contributed by atoms with Gasteiger partial charge in [0.2, 0.25) is 11.8 Å². The number of benzene rings is 1. The maximum absolute atomic E-state index is 12.9. The summed E-state index contributed by atoms with van der Waals surface area (Å²) in [6.45, 7) is 2.33. The highest BCUT2D eigenvalue weighted by Gasteiger charge is 2.49. The van der Waals surface area contributed by atoms with E-state index in [-0.39, 0.29) is 18.4 Å². The number of rotatable bonds is 6. The monoisotopic (exact) mass is 383 g/mol. The van der Waals surface area contributed by atoms with E-state index in [4.69, 9.17) is 0 Å². The molecule has 0 bridgehead atoms. The number of para-hydroxylation sites is 1. The molecule has 1 atom stereocenters. The number of β-amino-alcohol motifs (C(OH)–C–C–N with tert-alkyl or cyclic N) is 1. The van der Waals surface area contributed by atoms with Crippen LogP contribution in [0.15, 0.2) is 30.5 Å². The number of aliphatic hydroxyl groups is 1. The molecule has 2 aromatic rings. The van der Waals surface area contributed by atoms with E-state index < -0.39 is 5.41 Å². The fraction of sp³-hybridized carbons (Fsp3) is 0.545. The Hall–Kier alpha value is -2.34. The molecule has 2 aliphatic heterocycles. The van der Waals surface area contributed by atoms with Crippen LogP contribution in [0.5, 0.6) is 0 Å². The molecule has 2 aliphatic rings. The number of hydrogen-bond acceptors (Lipinski definition) is 3. The zero-order valence-electron chi connectivity index (χ0n) is 16.3. The number of carbonyl (C=O) groups excluding carboxylic acids is 2. The number of fused-ring (bicyclic) bond motifs is 1. The fourth-order valence-corrected chi connectivity index (χ4v) is 4.88. The first kappa shape index (κ1) is 19.0. The number of aromatic amines is 1. The van der Waals surface area contributed by atoms with Gasteiger partial charge in [-0.15, -0.1) is 0 Å². The molecule has 1 aromatic heterocycles. The lowest BCUT2D eigenvalue weighted by molar-refractivity contribution is -0.146. The molecule has 0 radical (unpaired) electrons. The number of aliphatic hydroxyl groups excluding tert-OH is 1. The van der Waals surface area contributed by atoms with Crippen molar-refractivity contribution in [3.05, 3.63) is 36.0 Å². The van der Waals surface area contributed by atoms with Gasteiger partial charge in [0.1, 0.15) is 0 Å². The molecule has 28 heavy (non-hydrogen) atoms. The minimum absolute atomic E-state index is 0.00168. The summed E-state index contributed by atoms with van der Waals surface area (Å²) in [5, 5.41) is 10.4. The third-order valence-electron chi connectivity index (χ3n) is 6.41. The average molecular weight is 383 g/mol. The van der Waals surface area contributed by atoms with Gasteiger partial charge in [-0.2, -0.15) is 0 Å². The summed E-state index contributed by atoms with van der Waals surface area (Å²) in [6, 6.07) is 8.23. The maximum atomic E-state index is 12.9. The average Bonchev–Trinajstić information content (AvgIpc) is 3.31. The summed E-state index contributed by atoms with van der Waals surface area (Å²) in [6.07, 6.45) is 6.80. The molecule has 0 saturated carbocycles. The van der Waals surface area contributed by atoms with E-state index >= 15 is 0 Å². The predicted octanol–water partition coefficient (Wildman–Crippen LogP) is 2.32. The molecule has 2 amide bonds. The Kier molecular flexibility index (Phi) is 5.40. The fourth-order valence-electron chi connectivity index (χ4n) is 4.88. The minimum Gasteiger partial charge on any atom is -0.395 e. The Balaban J connectivity index is 1.32. The Morgan fingerprint density at radius 3 is 2.93 bits per heavy atom. The largest absolute Gasteiger partial charge is 0.395 e. The number of aryl methyl sites for hydroxylation is 1. The van der Waals surface area contributed by atoms with Crippen molar-refractivity contribution in [3.8, 4) is 0 Å². The molecule has 2 N–H and O–H groups in total. The summed E-state index contributed by atoms with van der Waals surface area (Å²) in [7, 11) is 0. The normalized spacial score (nSPS) is 22.5. The molecule has 6 nitrogen and oxygen atoms in total. The van der Waals surface area contributed by atoms with Crippen molar-refractivity contribution >= 4 is 22.7 Å². The first-order chi connectivity index (χ1) is 13.6. The number of carbonyl (C=O) groups is 2. The van der Waals surface area contributed by atoms with Crippen LogP contribution in [0.3, 0.4) is 0 Å². The van der Waals surface area contributed by atoms with E-state index in [9.17, 15) is 14.7 Å². The van der Waals surface area contributed by atoms with Crippen LogP contribution in [0.25, 0.3) is 10.9 Å². The maximum Gasteiger partial charge on any atom is 0.230 e. The number of nitrogens with one attached hydrogen (secondary N) is 1. The van der Waals surface area contributed by atoms with Gasteiger partial charge in [0.25, 0.3) is 0 Å². The van der Waals surface area contributed by atoms with Crippen LogP contribution < -0.4 is 0 Å². The van der Waals surface area contributed by atoms with Gasteiger partial charge in [0, 0.05) is 49.7 Å². The SMILES string of the molecule is O=C(CCCc1c[nH]c2ccccc12)N1CC[C@@]2(CCCN(CCO)C2=O)C1. The summed E-state index contributed by atoms with van der Waals surface area (Å²) >= 11 is 0. The van der Waals surface area contributed by atoms with Crippen molar-refractivity contribution in [2.24, 2.45) is 5.41 Å². The van der Waals surface area contributed by atoms with Crippen molar-refractivity contribution < 1.29 is 14.7 Å². The molecule has 150 valence electrons. The molecular weight excluding hydrogens is 354 g/mol. The number of likely N-dealkylation sites (tertiary alicyclic amines) is 2. The van der Waals surface area contributed by atoms with Gasteiger partial charge < -0.3 is 19.9 Å². The predicted molar refractivity (Wildman–Crippen MR) is 108 cm³/mol. The lowest BCUT2D eigenvalue weighted by atomic mass is 9.78. The Bertz CT molecular complexity index is 860. The first-order valence-corrected chi connectivity index (χ1v) is 10.4. The van der Waals surface area contributed by atoms with Gasteiger partial charge >= 0.3 is 0 Å². The summed E-state index contributed by atoms with van der Waals surface area (Å²) in [5.41, 5.74) is 1.97. The summed E-state index contributed by atoms with van der Waals surface area (Å²) in [5.74, 6) is 0.283. The van der Waals surface area contributed by atoms with Crippen LogP contribution in [0.4, 0.5) is 0 Å². The minimum atomic E-state index is -0.417. The third kappa shape index (κ3) is 3.53. The van der Waals surface area contributed by atoms with Crippen molar-refractivity contribution in [2.45, 2.75) is 38.5 Å². The molecule has 2 saturated heterocycles. The van der Waals surface area contributed by atoms with Crippen LogP contribution in [0, 0.1) is 5.41 Å². The highest BCUT2D eigenvalue weighted by Crippen LogP contribution is 2.40. The van der Waals surface area contributed by atoms with E-state index in [1.165, 1.54) is 10.9 Å². The topological polar surface area (TPSA) is 76.6 Å². The summed E-state index contributed by atoms with van der Waals surface area (Å²) < 4.78 is 0. The van der Waals surface area contributed by atoms with E-state index in [0.29, 0.717) is 26.1 Å². The van der Waals surface area contributed by atoms with Crippen molar-refractivity contribution in [2.75, 3.05) is 32.8 Å². The first-order valence-electron chi connectivity index (χ1n) is 10.4. The van der Waals surface area contributed by atoms with Gasteiger partial charge in [0.05, 0.1) is 12.0 Å². The summed E-state index contributed by atoms with van der Waals surface area (Å²) in [4.78, 5) is 32.5. The standard InChI is InChI=1S/C22H29N3O3/c26-14-13-24-11-4-9-22(21(24)28)10-12-25(16-22)20(27)8-3-5-17-15-23-19-7-2-1-6-18(17)19/h1-2,6-7,15,23,26H,3-5,8-14,16H2/t22-/m0/s1. The van der Waals surface area contributed by atoms with Gasteiger partial charge in [-0.05, 0) is 43.7 Å². The molecule has 2 fully saturated rings. The number of amides is 2. The van der Waals surface area contributed by atoms with Crippen molar-refractivity contribution in [1.29, 1.82) is 0 Å². The molecular formula is C22H29N3O3. The van der Waals surface area contributed by atoms with E-state index in [2.05, 4.69) is 17.1 Å². The third-order valence-corrected chi connectivity index (χ3v) is 6.41. The smallest absolute Gasteiger partial charge is 0.230 e.